The molecule has 94 valence electrons. The van der Waals surface area contributed by atoms with Gasteiger partial charge in [0.25, 0.3) is 0 Å². The molecule has 2 rings (SSSR count). The van der Waals surface area contributed by atoms with E-state index in [2.05, 4.69) is 11.4 Å². The summed E-state index contributed by atoms with van der Waals surface area (Å²) >= 11 is 1.76. The predicted molar refractivity (Wildman–Crippen MR) is 69.7 cm³/mol. The van der Waals surface area contributed by atoms with E-state index in [9.17, 15) is 10.1 Å². The van der Waals surface area contributed by atoms with Gasteiger partial charge in [-0.25, -0.2) is 0 Å². The third-order valence-corrected chi connectivity index (χ3v) is 5.17. The van der Waals surface area contributed by atoms with Crippen LogP contribution in [0.2, 0.25) is 0 Å². The average Bonchev–Trinajstić information content (AvgIpc) is 2.98. The second-order valence-electron chi connectivity index (χ2n) is 5.17. The summed E-state index contributed by atoms with van der Waals surface area (Å²) in [6.45, 7) is 0. The van der Waals surface area contributed by atoms with Gasteiger partial charge in [0.2, 0.25) is 5.91 Å². The third-order valence-electron chi connectivity index (χ3n) is 3.80. The molecule has 0 spiro atoms. The molecule has 4 heteroatoms. The first-order valence-corrected chi connectivity index (χ1v) is 7.63. The highest BCUT2D eigenvalue weighted by molar-refractivity contribution is 8.00. The maximum atomic E-state index is 11.8. The minimum Gasteiger partial charge on any atom is -0.337 e. The highest BCUT2D eigenvalue weighted by Gasteiger charge is 2.35. The zero-order valence-corrected chi connectivity index (χ0v) is 11.0. The van der Waals surface area contributed by atoms with Crippen LogP contribution < -0.4 is 5.32 Å². The maximum Gasteiger partial charge on any atom is 0.231 e. The standard InChI is InChI=1S/C13H20N2OS/c14-10-13(7-3-4-8-13)15-12(16)9-17-11-5-1-2-6-11/h11H,1-9H2,(H,15,16). The summed E-state index contributed by atoms with van der Waals surface area (Å²) in [6, 6.07) is 2.30. The second kappa shape index (κ2) is 5.77. The van der Waals surface area contributed by atoms with Gasteiger partial charge in [-0.05, 0) is 38.5 Å². The lowest BCUT2D eigenvalue weighted by atomic mass is 10.0. The van der Waals surface area contributed by atoms with Crippen molar-refractivity contribution in [3.8, 4) is 6.07 Å². The number of carbonyl (C=O) groups excluding carboxylic acids is 1. The molecule has 2 aliphatic carbocycles. The molecule has 17 heavy (non-hydrogen) atoms. The highest BCUT2D eigenvalue weighted by Crippen LogP contribution is 2.31. The Labute approximate surface area is 107 Å². The number of hydrogen-bond acceptors (Lipinski definition) is 3. The van der Waals surface area contributed by atoms with Gasteiger partial charge in [0.05, 0.1) is 11.8 Å². The summed E-state index contributed by atoms with van der Waals surface area (Å²) in [4.78, 5) is 11.8. The quantitative estimate of drug-likeness (QED) is 0.836. The van der Waals surface area contributed by atoms with E-state index in [0.717, 1.165) is 25.7 Å². The number of hydrogen-bond donors (Lipinski definition) is 1. The second-order valence-corrected chi connectivity index (χ2v) is 6.46. The van der Waals surface area contributed by atoms with Crippen molar-refractivity contribution in [2.45, 2.75) is 62.2 Å². The first-order valence-electron chi connectivity index (χ1n) is 6.58. The predicted octanol–water partition coefficient (Wildman–Crippen LogP) is 2.61. The van der Waals surface area contributed by atoms with E-state index in [4.69, 9.17) is 0 Å². The van der Waals surface area contributed by atoms with Crippen LogP contribution in [-0.2, 0) is 4.79 Å². The highest BCUT2D eigenvalue weighted by atomic mass is 32.2. The van der Waals surface area contributed by atoms with Gasteiger partial charge in [-0.2, -0.15) is 5.26 Å². The van der Waals surface area contributed by atoms with Crippen LogP contribution >= 0.6 is 11.8 Å². The number of amides is 1. The molecule has 2 saturated carbocycles. The molecule has 2 aliphatic rings. The molecule has 3 nitrogen and oxygen atoms in total. The van der Waals surface area contributed by atoms with Crippen molar-refractivity contribution in [3.63, 3.8) is 0 Å². The van der Waals surface area contributed by atoms with Crippen molar-refractivity contribution in [2.75, 3.05) is 5.75 Å². The van der Waals surface area contributed by atoms with Crippen LogP contribution in [0.5, 0.6) is 0 Å². The fraction of sp³-hybridized carbons (Fsp3) is 0.846. The van der Waals surface area contributed by atoms with Crippen LogP contribution in [-0.4, -0.2) is 22.4 Å². The molecule has 1 amide bonds. The van der Waals surface area contributed by atoms with Crippen LogP contribution in [0.3, 0.4) is 0 Å². The zero-order valence-electron chi connectivity index (χ0n) is 10.2. The van der Waals surface area contributed by atoms with Crippen molar-refractivity contribution in [1.82, 2.24) is 5.32 Å². The number of nitrogens with one attached hydrogen (secondary N) is 1. The summed E-state index contributed by atoms with van der Waals surface area (Å²) in [7, 11) is 0. The molecule has 0 heterocycles. The Hall–Kier alpha value is -0.690. The van der Waals surface area contributed by atoms with Gasteiger partial charge in [0.15, 0.2) is 0 Å². The molecule has 0 radical (unpaired) electrons. The van der Waals surface area contributed by atoms with Crippen LogP contribution in [0.25, 0.3) is 0 Å². The molecule has 0 aliphatic heterocycles. The van der Waals surface area contributed by atoms with Crippen LogP contribution in [0.4, 0.5) is 0 Å². The van der Waals surface area contributed by atoms with Crippen molar-refractivity contribution in [2.24, 2.45) is 0 Å². The molecule has 0 aromatic heterocycles. The Morgan fingerprint density at radius 3 is 2.53 bits per heavy atom. The van der Waals surface area contributed by atoms with Gasteiger partial charge in [0.1, 0.15) is 5.54 Å². The van der Waals surface area contributed by atoms with E-state index in [-0.39, 0.29) is 5.91 Å². The third kappa shape index (κ3) is 3.38. The van der Waals surface area contributed by atoms with E-state index >= 15 is 0 Å². The monoisotopic (exact) mass is 252 g/mol. The smallest absolute Gasteiger partial charge is 0.231 e. The first-order chi connectivity index (χ1) is 8.24. The summed E-state index contributed by atoms with van der Waals surface area (Å²) in [5.74, 6) is 0.569. The Kier molecular flexibility index (Phi) is 4.33. The number of nitrogens with zero attached hydrogens (tertiary/aromatic N) is 1. The van der Waals surface area contributed by atoms with Gasteiger partial charge in [0, 0.05) is 5.25 Å². The average molecular weight is 252 g/mol. The van der Waals surface area contributed by atoms with E-state index in [1.165, 1.54) is 25.7 Å². The molecule has 0 aromatic carbocycles. The lowest BCUT2D eigenvalue weighted by Gasteiger charge is -2.22. The molecule has 0 aromatic rings. The van der Waals surface area contributed by atoms with E-state index in [0.29, 0.717) is 11.0 Å². The molecular weight excluding hydrogens is 232 g/mol. The molecule has 0 atom stereocenters. The Morgan fingerprint density at radius 1 is 1.29 bits per heavy atom. The molecule has 2 fully saturated rings. The number of rotatable bonds is 4. The van der Waals surface area contributed by atoms with Gasteiger partial charge in [-0.3, -0.25) is 4.79 Å². The van der Waals surface area contributed by atoms with Crippen LogP contribution in [0.1, 0.15) is 51.4 Å². The first kappa shape index (κ1) is 12.8. The van der Waals surface area contributed by atoms with Crippen LogP contribution in [0, 0.1) is 11.3 Å². The Bertz CT molecular complexity index is 312. The van der Waals surface area contributed by atoms with Crippen molar-refractivity contribution in [3.05, 3.63) is 0 Å². The van der Waals surface area contributed by atoms with Crippen molar-refractivity contribution >= 4 is 17.7 Å². The SMILES string of the molecule is N#CC1(NC(=O)CSC2CCCC2)CCCC1. The normalized spacial score (nSPS) is 23.5. The Balaban J connectivity index is 1.74. The van der Waals surface area contributed by atoms with Gasteiger partial charge in [-0.1, -0.05) is 12.8 Å². The van der Waals surface area contributed by atoms with E-state index in [1.54, 1.807) is 11.8 Å². The lowest BCUT2D eigenvalue weighted by Crippen LogP contribution is -2.46. The van der Waals surface area contributed by atoms with Crippen molar-refractivity contribution in [1.29, 1.82) is 5.26 Å². The number of nitriles is 1. The van der Waals surface area contributed by atoms with Gasteiger partial charge >= 0.3 is 0 Å². The summed E-state index contributed by atoms with van der Waals surface area (Å²) < 4.78 is 0. The largest absolute Gasteiger partial charge is 0.337 e. The fourth-order valence-corrected chi connectivity index (χ4v) is 3.92. The number of carbonyl (C=O) groups is 1. The molecule has 0 unspecified atom stereocenters. The van der Waals surface area contributed by atoms with Crippen molar-refractivity contribution < 1.29 is 4.79 Å². The summed E-state index contributed by atoms with van der Waals surface area (Å²) in [5, 5.41) is 12.8. The zero-order chi connectivity index (χ0) is 12.1. The Morgan fingerprint density at radius 2 is 1.94 bits per heavy atom. The van der Waals surface area contributed by atoms with Gasteiger partial charge < -0.3 is 5.32 Å². The lowest BCUT2D eigenvalue weighted by molar-refractivity contribution is -0.119. The van der Waals surface area contributed by atoms with Crippen LogP contribution in [0.15, 0.2) is 0 Å². The fourth-order valence-electron chi connectivity index (χ4n) is 2.79. The summed E-state index contributed by atoms with van der Waals surface area (Å²) in [5.41, 5.74) is -0.548. The van der Waals surface area contributed by atoms with E-state index in [1.807, 2.05) is 0 Å². The molecular formula is C13H20N2OS. The maximum absolute atomic E-state index is 11.8. The molecule has 0 bridgehead atoms. The summed E-state index contributed by atoms with van der Waals surface area (Å²) in [6.07, 6.45) is 8.88. The van der Waals surface area contributed by atoms with Gasteiger partial charge in [-0.15, -0.1) is 11.8 Å². The van der Waals surface area contributed by atoms with E-state index < -0.39 is 5.54 Å². The molecule has 0 saturated heterocycles. The number of thioether (sulfide) groups is 1. The minimum absolute atomic E-state index is 0.0466. The topological polar surface area (TPSA) is 52.9 Å². The molecule has 1 N–H and O–H groups in total. The minimum atomic E-state index is -0.548.